The summed E-state index contributed by atoms with van der Waals surface area (Å²) < 4.78 is 3.24. The van der Waals surface area contributed by atoms with E-state index < -0.39 is 0 Å². The van der Waals surface area contributed by atoms with E-state index in [1.165, 1.54) is 0 Å². The maximum atomic E-state index is 13.3. The quantitative estimate of drug-likeness (QED) is 0.456. The fraction of sp³-hybridized carbons (Fsp3) is 0.200. The number of fused-ring (bicyclic) bond motifs is 1. The number of imidazole rings is 1. The van der Waals surface area contributed by atoms with Gasteiger partial charge in [0.2, 0.25) is 0 Å². The highest BCUT2D eigenvalue weighted by molar-refractivity contribution is 6.30. The van der Waals surface area contributed by atoms with Crippen molar-refractivity contribution in [3.63, 3.8) is 0 Å². The number of carbonyl (C=O) groups excluding carboxylic acids is 1. The maximum Gasteiger partial charge on any atom is 0.275 e. The number of nitrogens with zero attached hydrogens (tertiary/aromatic N) is 5. The number of aromatic nitrogens is 4. The molecular formula is C25H22ClN5O2. The van der Waals surface area contributed by atoms with Crippen molar-refractivity contribution in [1.82, 2.24) is 24.0 Å². The van der Waals surface area contributed by atoms with Gasteiger partial charge in [0.25, 0.3) is 11.5 Å². The monoisotopic (exact) mass is 459 g/mol. The van der Waals surface area contributed by atoms with Crippen molar-refractivity contribution >= 4 is 17.5 Å². The summed E-state index contributed by atoms with van der Waals surface area (Å²) in [5.41, 5.74) is 4.04. The molecule has 0 radical (unpaired) electrons. The first-order chi connectivity index (χ1) is 15.9. The molecule has 5 rings (SSSR count). The van der Waals surface area contributed by atoms with Crippen molar-refractivity contribution in [2.24, 2.45) is 0 Å². The van der Waals surface area contributed by atoms with Crippen LogP contribution in [0, 0.1) is 6.92 Å². The Labute approximate surface area is 195 Å². The van der Waals surface area contributed by atoms with Gasteiger partial charge in [-0.2, -0.15) is 0 Å². The predicted molar refractivity (Wildman–Crippen MR) is 127 cm³/mol. The highest BCUT2D eigenvalue weighted by Crippen LogP contribution is 2.26. The molecule has 0 fully saturated rings. The molecule has 1 aliphatic heterocycles. The molecule has 4 heterocycles. The van der Waals surface area contributed by atoms with Crippen LogP contribution in [0.2, 0.25) is 5.02 Å². The Kier molecular flexibility index (Phi) is 5.34. The lowest BCUT2D eigenvalue weighted by Crippen LogP contribution is -2.46. The number of halogens is 1. The zero-order chi connectivity index (χ0) is 23.1. The van der Waals surface area contributed by atoms with Gasteiger partial charge in [-0.05, 0) is 50.2 Å². The van der Waals surface area contributed by atoms with Crippen LogP contribution in [0.4, 0.5) is 0 Å². The minimum absolute atomic E-state index is 0.182. The molecule has 8 heteroatoms. The van der Waals surface area contributed by atoms with E-state index in [9.17, 15) is 9.59 Å². The first-order valence-electron chi connectivity index (χ1n) is 10.7. The summed E-state index contributed by atoms with van der Waals surface area (Å²) in [5.74, 6) is -0.182. The van der Waals surface area contributed by atoms with Crippen LogP contribution >= 0.6 is 11.6 Å². The topological polar surface area (TPSA) is 73.0 Å². The molecule has 33 heavy (non-hydrogen) atoms. The smallest absolute Gasteiger partial charge is 0.275 e. The molecule has 0 unspecified atom stereocenters. The summed E-state index contributed by atoms with van der Waals surface area (Å²) in [7, 11) is 0. The first-order valence-corrected chi connectivity index (χ1v) is 11.1. The largest absolute Gasteiger partial charge is 0.327 e. The summed E-state index contributed by atoms with van der Waals surface area (Å²) in [6.07, 6.45) is 3.40. The Morgan fingerprint density at radius 3 is 2.52 bits per heavy atom. The lowest BCUT2D eigenvalue weighted by atomic mass is 10.1. The Morgan fingerprint density at radius 1 is 1.00 bits per heavy atom. The number of benzene rings is 1. The van der Waals surface area contributed by atoms with Crippen LogP contribution in [0.5, 0.6) is 0 Å². The molecule has 4 aromatic rings. The van der Waals surface area contributed by atoms with Crippen LogP contribution in [0.15, 0.2) is 71.9 Å². The van der Waals surface area contributed by atoms with Crippen molar-refractivity contribution in [3.05, 3.63) is 99.6 Å². The van der Waals surface area contributed by atoms with Crippen LogP contribution < -0.4 is 5.56 Å². The molecule has 7 nitrogen and oxygen atoms in total. The summed E-state index contributed by atoms with van der Waals surface area (Å²) in [6, 6.07) is 16.5. The average molecular weight is 460 g/mol. The highest BCUT2D eigenvalue weighted by atomic mass is 35.5. The first kappa shape index (κ1) is 21.2. The Hall–Kier alpha value is -3.71. The van der Waals surface area contributed by atoms with Crippen molar-refractivity contribution < 1.29 is 4.79 Å². The third-order valence-corrected chi connectivity index (χ3v) is 6.25. The molecule has 0 saturated heterocycles. The molecule has 0 bridgehead atoms. The zero-order valence-corrected chi connectivity index (χ0v) is 19.0. The van der Waals surface area contributed by atoms with E-state index in [1.54, 1.807) is 38.7 Å². The van der Waals surface area contributed by atoms with E-state index in [-0.39, 0.29) is 17.5 Å². The van der Waals surface area contributed by atoms with Crippen molar-refractivity contribution in [1.29, 1.82) is 0 Å². The van der Waals surface area contributed by atoms with Gasteiger partial charge in [-0.15, -0.1) is 0 Å². The van der Waals surface area contributed by atoms with Gasteiger partial charge in [-0.3, -0.25) is 14.6 Å². The normalized spacial score (nSPS) is 14.3. The standard InChI is InChI=1S/C25H22ClN5O2/c1-16-14-29(15-27-16)22-10-11-23-25(33)30(12-13-31(23)24(22)32)17(2)20-4-3-5-21(28-20)18-6-8-19(26)9-7-18/h3-11,14-15,17H,12-13H2,1-2H3/t17-/m0/s1. The molecule has 1 aliphatic rings. The number of pyridine rings is 2. The van der Waals surface area contributed by atoms with Gasteiger partial charge in [-0.25, -0.2) is 4.98 Å². The maximum absolute atomic E-state index is 13.3. The number of hydrogen-bond donors (Lipinski definition) is 0. The average Bonchev–Trinajstić information content (AvgIpc) is 3.26. The Bertz CT molecular complexity index is 1410. The summed E-state index contributed by atoms with van der Waals surface area (Å²) in [5, 5.41) is 0.669. The van der Waals surface area contributed by atoms with Crippen molar-refractivity contribution in [2.45, 2.75) is 26.4 Å². The molecule has 1 atom stereocenters. The van der Waals surface area contributed by atoms with Crippen LogP contribution in [-0.2, 0) is 6.54 Å². The Balaban J connectivity index is 1.44. The zero-order valence-electron chi connectivity index (χ0n) is 18.3. The lowest BCUT2D eigenvalue weighted by molar-refractivity contribution is 0.0624. The van der Waals surface area contributed by atoms with Gasteiger partial charge >= 0.3 is 0 Å². The number of amides is 1. The van der Waals surface area contributed by atoms with E-state index in [0.29, 0.717) is 29.5 Å². The fourth-order valence-electron chi connectivity index (χ4n) is 4.18. The molecule has 3 aromatic heterocycles. The molecule has 0 N–H and O–H groups in total. The second-order valence-electron chi connectivity index (χ2n) is 8.11. The van der Waals surface area contributed by atoms with Gasteiger partial charge in [-0.1, -0.05) is 29.8 Å². The number of hydrogen-bond acceptors (Lipinski definition) is 4. The van der Waals surface area contributed by atoms with E-state index >= 15 is 0 Å². The molecule has 166 valence electrons. The van der Waals surface area contributed by atoms with Crippen LogP contribution in [-0.4, -0.2) is 36.5 Å². The highest BCUT2D eigenvalue weighted by Gasteiger charge is 2.30. The number of aryl methyl sites for hydroxylation is 1. The van der Waals surface area contributed by atoms with Crippen LogP contribution in [0.25, 0.3) is 16.9 Å². The third-order valence-electron chi connectivity index (χ3n) is 5.99. The van der Waals surface area contributed by atoms with Crippen LogP contribution in [0.1, 0.15) is 34.8 Å². The van der Waals surface area contributed by atoms with Crippen LogP contribution in [0.3, 0.4) is 0 Å². The SMILES string of the molecule is Cc1cn(-c2ccc3n(c2=O)CCN([C@@H](C)c2cccc(-c4ccc(Cl)cc4)n2)C3=O)cn1. The van der Waals surface area contributed by atoms with Gasteiger partial charge in [0.1, 0.15) is 11.4 Å². The molecule has 0 saturated carbocycles. The van der Waals surface area contributed by atoms with E-state index in [2.05, 4.69) is 4.98 Å². The number of carbonyl (C=O) groups is 1. The fourth-order valence-corrected chi connectivity index (χ4v) is 4.30. The summed E-state index contributed by atoms with van der Waals surface area (Å²) >= 11 is 6.00. The molecule has 0 aliphatic carbocycles. The van der Waals surface area contributed by atoms with Gasteiger partial charge in [0, 0.05) is 29.9 Å². The van der Waals surface area contributed by atoms with Gasteiger partial charge < -0.3 is 14.0 Å². The van der Waals surface area contributed by atoms with E-state index in [1.807, 2.05) is 56.3 Å². The van der Waals surface area contributed by atoms with E-state index in [0.717, 1.165) is 22.6 Å². The second-order valence-corrected chi connectivity index (χ2v) is 8.55. The predicted octanol–water partition coefficient (Wildman–Crippen LogP) is 4.27. The lowest BCUT2D eigenvalue weighted by Gasteiger charge is -2.34. The van der Waals surface area contributed by atoms with E-state index in [4.69, 9.17) is 16.6 Å². The Morgan fingerprint density at radius 2 is 1.79 bits per heavy atom. The number of rotatable bonds is 4. The minimum Gasteiger partial charge on any atom is -0.327 e. The second kappa shape index (κ2) is 8.33. The van der Waals surface area contributed by atoms with Gasteiger partial charge in [0.05, 0.1) is 29.5 Å². The summed E-state index contributed by atoms with van der Waals surface area (Å²) in [4.78, 5) is 37.1. The molecular weight excluding hydrogens is 438 g/mol. The van der Waals surface area contributed by atoms with Gasteiger partial charge in [0.15, 0.2) is 0 Å². The van der Waals surface area contributed by atoms with Crippen molar-refractivity contribution in [2.75, 3.05) is 6.54 Å². The summed E-state index contributed by atoms with van der Waals surface area (Å²) in [6.45, 7) is 4.67. The third kappa shape index (κ3) is 3.85. The minimum atomic E-state index is -0.246. The van der Waals surface area contributed by atoms with Crippen molar-refractivity contribution in [3.8, 4) is 16.9 Å². The molecule has 0 spiro atoms. The molecule has 1 aromatic carbocycles. The molecule has 1 amide bonds.